The van der Waals surface area contributed by atoms with Crippen LogP contribution in [0.4, 0.5) is 5.69 Å². The molecule has 0 aliphatic carbocycles. The second-order valence-electron chi connectivity index (χ2n) is 7.66. The first-order valence-electron chi connectivity index (χ1n) is 10.3. The minimum atomic E-state index is -0.976. The van der Waals surface area contributed by atoms with Gasteiger partial charge in [-0.25, -0.2) is 0 Å². The molecule has 1 amide bonds. The molecule has 4 rings (SSSR count). The molecule has 0 spiro atoms. The summed E-state index contributed by atoms with van der Waals surface area (Å²) in [5.74, 6) is -2.51. The van der Waals surface area contributed by atoms with Crippen molar-refractivity contribution in [2.24, 2.45) is 0 Å². The zero-order valence-electron chi connectivity index (χ0n) is 17.9. The number of nitrogens with zero attached hydrogens (tertiary/aromatic N) is 1. The Kier molecular flexibility index (Phi) is 6.63. The predicted molar refractivity (Wildman–Crippen MR) is 132 cm³/mol. The highest BCUT2D eigenvalue weighted by molar-refractivity contribution is 6.42. The molecule has 34 heavy (non-hydrogen) atoms. The molecule has 0 saturated heterocycles. The van der Waals surface area contributed by atoms with Crippen LogP contribution in [0.15, 0.2) is 72.9 Å². The number of carboxylic acid groups (broad SMARTS) is 1. The molecule has 3 aromatic carbocycles. The lowest BCUT2D eigenvalue weighted by atomic mass is 9.94. The fourth-order valence-electron chi connectivity index (χ4n) is 3.59. The fourth-order valence-corrected chi connectivity index (χ4v) is 3.89. The van der Waals surface area contributed by atoms with E-state index in [0.717, 1.165) is 0 Å². The summed E-state index contributed by atoms with van der Waals surface area (Å²) < 4.78 is 0. The molecule has 0 aliphatic heterocycles. The molecule has 4 aromatic rings. The number of rotatable bonds is 6. The van der Waals surface area contributed by atoms with Crippen molar-refractivity contribution < 1.29 is 19.5 Å². The molecule has 0 saturated carbocycles. The molecule has 8 heteroatoms. The Morgan fingerprint density at radius 2 is 1.62 bits per heavy atom. The van der Waals surface area contributed by atoms with Gasteiger partial charge in [0.1, 0.15) is 5.69 Å². The molecule has 1 heterocycles. The first kappa shape index (κ1) is 23.4. The van der Waals surface area contributed by atoms with E-state index in [0.29, 0.717) is 38.2 Å². The maximum atomic E-state index is 13.3. The van der Waals surface area contributed by atoms with Crippen molar-refractivity contribution in [1.82, 2.24) is 4.98 Å². The number of halogens is 2. The van der Waals surface area contributed by atoms with E-state index in [4.69, 9.17) is 23.2 Å². The summed E-state index contributed by atoms with van der Waals surface area (Å²) in [6.07, 6.45) is 1.43. The number of carbonyl (C=O) groups is 3. The third-order valence-corrected chi connectivity index (χ3v) is 6.18. The van der Waals surface area contributed by atoms with Gasteiger partial charge in [-0.2, -0.15) is 0 Å². The normalized spacial score (nSPS) is 11.7. The average molecular weight is 493 g/mol. The van der Waals surface area contributed by atoms with Gasteiger partial charge in [0.25, 0.3) is 5.91 Å². The number of hydrogen-bond donors (Lipinski definition) is 2. The number of pyridine rings is 1. The zero-order valence-corrected chi connectivity index (χ0v) is 19.4. The number of aliphatic carboxylic acids is 1. The maximum Gasteiger partial charge on any atom is 0.310 e. The van der Waals surface area contributed by atoms with Crippen molar-refractivity contribution in [3.63, 3.8) is 0 Å². The van der Waals surface area contributed by atoms with E-state index in [9.17, 15) is 19.5 Å². The lowest BCUT2D eigenvalue weighted by Gasteiger charge is -2.13. The monoisotopic (exact) mass is 492 g/mol. The first-order valence-corrected chi connectivity index (χ1v) is 11.0. The second kappa shape index (κ2) is 9.63. The molecule has 6 nitrogen and oxygen atoms in total. The Hall–Kier alpha value is -3.74. The molecular formula is C26H18Cl2N2O4. The largest absolute Gasteiger partial charge is 0.481 e. The number of ketones is 1. The number of nitrogens with one attached hydrogen (secondary N) is 1. The van der Waals surface area contributed by atoms with Gasteiger partial charge in [0.15, 0.2) is 0 Å². The third-order valence-electron chi connectivity index (χ3n) is 5.44. The number of carboxylic acids is 1. The number of fused-ring (bicyclic) bond motifs is 1. The van der Waals surface area contributed by atoms with E-state index in [1.54, 1.807) is 61.5 Å². The summed E-state index contributed by atoms with van der Waals surface area (Å²) in [7, 11) is 0. The van der Waals surface area contributed by atoms with Crippen molar-refractivity contribution in [2.75, 3.05) is 5.32 Å². The van der Waals surface area contributed by atoms with E-state index in [-0.39, 0.29) is 16.5 Å². The summed E-state index contributed by atoms with van der Waals surface area (Å²) >= 11 is 11.9. The summed E-state index contributed by atoms with van der Waals surface area (Å²) in [4.78, 5) is 41.8. The van der Waals surface area contributed by atoms with Crippen molar-refractivity contribution >= 4 is 57.3 Å². The Morgan fingerprint density at radius 3 is 2.32 bits per heavy atom. The average Bonchev–Trinajstić information content (AvgIpc) is 2.84. The molecule has 0 fully saturated rings. The smallest absolute Gasteiger partial charge is 0.310 e. The molecular weight excluding hydrogens is 475 g/mol. The topological polar surface area (TPSA) is 96.4 Å². The lowest BCUT2D eigenvalue weighted by Crippen LogP contribution is -2.13. The van der Waals surface area contributed by atoms with Crippen LogP contribution in [0.5, 0.6) is 0 Å². The number of hydrogen-bond acceptors (Lipinski definition) is 4. The van der Waals surface area contributed by atoms with E-state index in [2.05, 4.69) is 10.3 Å². The van der Waals surface area contributed by atoms with Gasteiger partial charge < -0.3 is 10.4 Å². The zero-order chi connectivity index (χ0) is 24.4. The van der Waals surface area contributed by atoms with Gasteiger partial charge in [-0.3, -0.25) is 19.4 Å². The quantitative estimate of drug-likeness (QED) is 0.311. The van der Waals surface area contributed by atoms with Gasteiger partial charge in [-0.05, 0) is 48.2 Å². The Morgan fingerprint density at radius 1 is 0.882 bits per heavy atom. The molecule has 0 aliphatic rings. The Bertz CT molecular complexity index is 1450. The lowest BCUT2D eigenvalue weighted by molar-refractivity contribution is -0.138. The van der Waals surface area contributed by atoms with Crippen molar-refractivity contribution in [1.29, 1.82) is 0 Å². The fraction of sp³-hybridized carbons (Fsp3) is 0.0769. The third kappa shape index (κ3) is 4.64. The van der Waals surface area contributed by atoms with Crippen LogP contribution in [0, 0.1) is 0 Å². The molecule has 1 aromatic heterocycles. The van der Waals surface area contributed by atoms with Crippen molar-refractivity contribution in [2.45, 2.75) is 12.8 Å². The minimum Gasteiger partial charge on any atom is -0.481 e. The van der Waals surface area contributed by atoms with Gasteiger partial charge in [0.05, 0.1) is 16.0 Å². The summed E-state index contributed by atoms with van der Waals surface area (Å²) in [5.41, 5.74) is 1.79. The van der Waals surface area contributed by atoms with E-state index in [1.807, 2.05) is 0 Å². The van der Waals surface area contributed by atoms with E-state index >= 15 is 0 Å². The highest BCUT2D eigenvalue weighted by Gasteiger charge is 2.21. The first-order chi connectivity index (χ1) is 16.3. The molecule has 170 valence electrons. The second-order valence-corrected chi connectivity index (χ2v) is 8.47. The molecule has 2 N–H and O–H groups in total. The van der Waals surface area contributed by atoms with Gasteiger partial charge in [0.2, 0.25) is 5.78 Å². The molecule has 1 atom stereocenters. The van der Waals surface area contributed by atoms with Crippen LogP contribution < -0.4 is 5.32 Å². The number of benzene rings is 3. The number of anilines is 1. The van der Waals surface area contributed by atoms with Crippen LogP contribution >= 0.6 is 23.2 Å². The highest BCUT2D eigenvalue weighted by Crippen LogP contribution is 2.29. The number of carbonyl (C=O) groups excluding carboxylic acids is 2. The molecule has 0 bridgehead atoms. The Labute approximate surface area is 205 Å². The predicted octanol–water partition coefficient (Wildman–Crippen LogP) is 6.21. The Balaban J connectivity index is 1.66. The van der Waals surface area contributed by atoms with Gasteiger partial charge in [-0.1, -0.05) is 59.6 Å². The number of amides is 1. The highest BCUT2D eigenvalue weighted by atomic mass is 35.5. The molecule has 0 radical (unpaired) electrons. The van der Waals surface area contributed by atoms with Crippen LogP contribution in [0.3, 0.4) is 0 Å². The minimum absolute atomic E-state index is 0.199. The van der Waals surface area contributed by atoms with Crippen LogP contribution in [0.1, 0.15) is 44.8 Å². The van der Waals surface area contributed by atoms with Crippen LogP contribution in [0.2, 0.25) is 10.0 Å². The summed E-state index contributed by atoms with van der Waals surface area (Å²) in [5, 5.41) is 14.0. The summed E-state index contributed by atoms with van der Waals surface area (Å²) in [6, 6.07) is 18.1. The van der Waals surface area contributed by atoms with E-state index in [1.165, 1.54) is 18.3 Å². The summed E-state index contributed by atoms with van der Waals surface area (Å²) in [6.45, 7) is 1.58. The van der Waals surface area contributed by atoms with Crippen LogP contribution in [0.25, 0.3) is 10.8 Å². The van der Waals surface area contributed by atoms with Crippen LogP contribution in [-0.2, 0) is 4.79 Å². The van der Waals surface area contributed by atoms with Crippen molar-refractivity contribution in [3.8, 4) is 0 Å². The SMILES string of the molecule is CC(C(=O)O)c1cnc(C(=O)c2cccc(NC(=O)c3ccc(Cl)c(Cl)c3)c2)c2ccccc12. The maximum absolute atomic E-state index is 13.3. The van der Waals surface area contributed by atoms with Gasteiger partial charge in [0, 0.05) is 28.4 Å². The van der Waals surface area contributed by atoms with Gasteiger partial charge >= 0.3 is 5.97 Å². The van der Waals surface area contributed by atoms with Crippen LogP contribution in [-0.4, -0.2) is 27.8 Å². The standard InChI is InChI=1S/C26H18Cl2N2O4/c1-14(26(33)34)20-13-29-23(19-8-3-2-7-18(19)20)24(31)15-5-4-6-17(11-15)30-25(32)16-9-10-21(27)22(28)12-16/h2-14H,1H3,(H,30,32)(H,33,34). The van der Waals surface area contributed by atoms with E-state index < -0.39 is 17.8 Å². The number of aromatic nitrogens is 1. The van der Waals surface area contributed by atoms with Gasteiger partial charge in [-0.15, -0.1) is 0 Å². The molecule has 1 unspecified atom stereocenters. The van der Waals surface area contributed by atoms with Crippen molar-refractivity contribution in [3.05, 3.63) is 105 Å².